The van der Waals surface area contributed by atoms with Crippen LogP contribution in [-0.4, -0.2) is 25.9 Å². The Morgan fingerprint density at radius 3 is 2.17 bits per heavy atom. The Morgan fingerprint density at radius 1 is 0.931 bits per heavy atom. The van der Waals surface area contributed by atoms with E-state index >= 15 is 0 Å². The van der Waals surface area contributed by atoms with Crippen LogP contribution in [0.15, 0.2) is 65.6 Å². The second-order valence-electron chi connectivity index (χ2n) is 6.28. The number of carbonyl (C=O) groups excluding carboxylic acids is 1. The molecule has 3 rings (SSSR count). The van der Waals surface area contributed by atoms with Crippen LogP contribution in [0.5, 0.6) is 11.5 Å². The van der Waals surface area contributed by atoms with Crippen molar-refractivity contribution < 1.29 is 14.3 Å². The largest absolute Gasteiger partial charge is 0.495 e. The topological polar surface area (TPSA) is 73.6 Å². The summed E-state index contributed by atoms with van der Waals surface area (Å²) in [6.45, 7) is 2.10. The van der Waals surface area contributed by atoms with Gasteiger partial charge in [0.1, 0.15) is 11.5 Å². The van der Waals surface area contributed by atoms with Gasteiger partial charge in [0.2, 0.25) is 0 Å². The van der Waals surface area contributed by atoms with Crippen LogP contribution >= 0.6 is 11.8 Å². The lowest BCUT2D eigenvalue weighted by atomic mass is 10.0. The van der Waals surface area contributed by atoms with E-state index in [-0.39, 0.29) is 5.91 Å². The molecule has 0 bridgehead atoms. The van der Waals surface area contributed by atoms with E-state index < -0.39 is 0 Å². The Morgan fingerprint density at radius 2 is 1.55 bits per heavy atom. The van der Waals surface area contributed by atoms with Crippen LogP contribution in [0.2, 0.25) is 0 Å². The highest BCUT2D eigenvalue weighted by molar-refractivity contribution is 7.99. The molecule has 5 nitrogen and oxygen atoms in total. The van der Waals surface area contributed by atoms with E-state index in [1.54, 1.807) is 32.0 Å². The van der Waals surface area contributed by atoms with Gasteiger partial charge in [0.15, 0.2) is 0 Å². The van der Waals surface area contributed by atoms with Gasteiger partial charge in [0.05, 0.1) is 25.6 Å². The standard InChI is InChI=1S/C23H24N2O3S/c1-4-29-18-9-5-15(6-10-18)23(26)25-20-12-8-17(14-22(20)28-3)16-7-11-19(24)21(13-16)27-2/h5-14H,4,24H2,1-3H3,(H,25,26). The zero-order valence-corrected chi connectivity index (χ0v) is 17.5. The zero-order valence-electron chi connectivity index (χ0n) is 16.7. The fourth-order valence-electron chi connectivity index (χ4n) is 2.93. The smallest absolute Gasteiger partial charge is 0.255 e. The second kappa shape index (κ2) is 9.39. The number of amides is 1. The van der Waals surface area contributed by atoms with Crippen molar-refractivity contribution in [2.24, 2.45) is 0 Å². The van der Waals surface area contributed by atoms with E-state index in [9.17, 15) is 4.79 Å². The van der Waals surface area contributed by atoms with Crippen molar-refractivity contribution in [1.29, 1.82) is 0 Å². The summed E-state index contributed by atoms with van der Waals surface area (Å²) in [7, 11) is 3.16. The molecular weight excluding hydrogens is 384 g/mol. The molecule has 1 amide bonds. The summed E-state index contributed by atoms with van der Waals surface area (Å²) in [5.41, 5.74) is 9.55. The quantitative estimate of drug-likeness (QED) is 0.409. The summed E-state index contributed by atoms with van der Waals surface area (Å²) in [5.74, 6) is 2.00. The molecule has 3 aromatic rings. The van der Waals surface area contributed by atoms with Crippen LogP contribution in [0.4, 0.5) is 11.4 Å². The molecule has 0 heterocycles. The Labute approximate surface area is 175 Å². The van der Waals surface area contributed by atoms with Gasteiger partial charge in [-0.15, -0.1) is 11.8 Å². The van der Waals surface area contributed by atoms with Crippen molar-refractivity contribution in [3.63, 3.8) is 0 Å². The van der Waals surface area contributed by atoms with Crippen molar-refractivity contribution >= 4 is 29.0 Å². The highest BCUT2D eigenvalue weighted by atomic mass is 32.2. The summed E-state index contributed by atoms with van der Waals surface area (Å²) in [6, 6.07) is 18.8. The van der Waals surface area contributed by atoms with Gasteiger partial charge in [-0.25, -0.2) is 0 Å². The number of hydrogen-bond acceptors (Lipinski definition) is 5. The summed E-state index contributed by atoms with van der Waals surface area (Å²) >= 11 is 1.74. The molecule has 0 saturated heterocycles. The van der Waals surface area contributed by atoms with Crippen LogP contribution in [0.3, 0.4) is 0 Å². The maximum atomic E-state index is 12.6. The number of rotatable bonds is 7. The summed E-state index contributed by atoms with van der Waals surface area (Å²) in [6.07, 6.45) is 0. The molecule has 150 valence electrons. The predicted octanol–water partition coefficient (Wildman–Crippen LogP) is 5.32. The minimum absolute atomic E-state index is 0.182. The number of nitrogen functional groups attached to an aromatic ring is 1. The molecule has 0 aliphatic carbocycles. The van der Waals surface area contributed by atoms with E-state index in [2.05, 4.69) is 12.2 Å². The summed E-state index contributed by atoms with van der Waals surface area (Å²) in [5, 5.41) is 2.92. The lowest BCUT2D eigenvalue weighted by Gasteiger charge is -2.13. The molecule has 3 aromatic carbocycles. The van der Waals surface area contributed by atoms with Gasteiger partial charge in [0, 0.05) is 10.5 Å². The Kier molecular flexibility index (Phi) is 6.67. The molecule has 0 spiro atoms. The molecule has 3 N–H and O–H groups in total. The Hall–Kier alpha value is -3.12. The van der Waals surface area contributed by atoms with Crippen molar-refractivity contribution in [3.05, 3.63) is 66.2 Å². The van der Waals surface area contributed by atoms with Crippen LogP contribution in [0.1, 0.15) is 17.3 Å². The number of ether oxygens (including phenoxy) is 2. The third-order valence-corrected chi connectivity index (χ3v) is 5.34. The number of methoxy groups -OCH3 is 2. The van der Waals surface area contributed by atoms with Crippen molar-refractivity contribution in [3.8, 4) is 22.6 Å². The first-order valence-electron chi connectivity index (χ1n) is 9.21. The molecule has 0 radical (unpaired) electrons. The van der Waals surface area contributed by atoms with Gasteiger partial charge >= 0.3 is 0 Å². The Bertz CT molecular complexity index is 1000. The summed E-state index contributed by atoms with van der Waals surface area (Å²) in [4.78, 5) is 13.8. The van der Waals surface area contributed by atoms with E-state index in [0.717, 1.165) is 21.8 Å². The average Bonchev–Trinajstić information content (AvgIpc) is 2.75. The number of benzene rings is 3. The first-order valence-corrected chi connectivity index (χ1v) is 10.2. The van der Waals surface area contributed by atoms with Gasteiger partial charge in [-0.3, -0.25) is 4.79 Å². The lowest BCUT2D eigenvalue weighted by molar-refractivity contribution is 0.102. The minimum Gasteiger partial charge on any atom is -0.495 e. The van der Waals surface area contributed by atoms with E-state index in [4.69, 9.17) is 15.2 Å². The van der Waals surface area contributed by atoms with E-state index in [1.807, 2.05) is 54.6 Å². The fourth-order valence-corrected chi connectivity index (χ4v) is 3.59. The maximum Gasteiger partial charge on any atom is 0.255 e. The van der Waals surface area contributed by atoms with Crippen LogP contribution in [-0.2, 0) is 0 Å². The van der Waals surface area contributed by atoms with Gasteiger partial charge < -0.3 is 20.5 Å². The molecule has 0 unspecified atom stereocenters. The molecular formula is C23H24N2O3S. The second-order valence-corrected chi connectivity index (χ2v) is 7.62. The Balaban J connectivity index is 1.82. The van der Waals surface area contributed by atoms with Gasteiger partial charge in [-0.1, -0.05) is 19.1 Å². The van der Waals surface area contributed by atoms with Crippen molar-refractivity contribution in [2.45, 2.75) is 11.8 Å². The maximum absolute atomic E-state index is 12.6. The number of nitrogens with one attached hydrogen (secondary N) is 1. The summed E-state index contributed by atoms with van der Waals surface area (Å²) < 4.78 is 10.8. The first kappa shape index (κ1) is 20.6. The third-order valence-electron chi connectivity index (χ3n) is 4.44. The monoisotopic (exact) mass is 408 g/mol. The van der Waals surface area contributed by atoms with Gasteiger partial charge in [0.25, 0.3) is 5.91 Å². The predicted molar refractivity (Wildman–Crippen MR) is 120 cm³/mol. The van der Waals surface area contributed by atoms with Crippen molar-refractivity contribution in [1.82, 2.24) is 0 Å². The number of anilines is 2. The van der Waals surface area contributed by atoms with Gasteiger partial charge in [-0.05, 0) is 65.4 Å². The lowest BCUT2D eigenvalue weighted by Crippen LogP contribution is -2.12. The number of hydrogen-bond donors (Lipinski definition) is 2. The zero-order chi connectivity index (χ0) is 20.8. The molecule has 6 heteroatoms. The molecule has 0 aliphatic rings. The SMILES string of the molecule is CCSc1ccc(C(=O)Nc2ccc(-c3ccc(N)c(OC)c3)cc2OC)cc1. The van der Waals surface area contributed by atoms with E-state index in [1.165, 1.54) is 0 Å². The van der Waals surface area contributed by atoms with Crippen LogP contribution in [0.25, 0.3) is 11.1 Å². The number of nitrogens with two attached hydrogens (primary N) is 1. The number of thioether (sulfide) groups is 1. The fraction of sp³-hybridized carbons (Fsp3) is 0.174. The minimum atomic E-state index is -0.182. The molecule has 0 fully saturated rings. The van der Waals surface area contributed by atoms with E-state index in [0.29, 0.717) is 28.4 Å². The highest BCUT2D eigenvalue weighted by Gasteiger charge is 2.12. The average molecular weight is 409 g/mol. The normalized spacial score (nSPS) is 10.4. The molecule has 29 heavy (non-hydrogen) atoms. The first-order chi connectivity index (χ1) is 14.0. The van der Waals surface area contributed by atoms with Crippen molar-refractivity contribution in [2.75, 3.05) is 31.0 Å². The molecule has 0 atom stereocenters. The number of carbonyl (C=O) groups is 1. The van der Waals surface area contributed by atoms with Gasteiger partial charge in [-0.2, -0.15) is 0 Å². The van der Waals surface area contributed by atoms with Crippen LogP contribution in [0, 0.1) is 0 Å². The van der Waals surface area contributed by atoms with Crippen LogP contribution < -0.4 is 20.5 Å². The molecule has 0 saturated carbocycles. The molecule has 0 aliphatic heterocycles. The third kappa shape index (κ3) is 4.84. The highest BCUT2D eigenvalue weighted by Crippen LogP contribution is 2.34. The molecule has 0 aromatic heterocycles.